The highest BCUT2D eigenvalue weighted by atomic mass is 16.5. The Bertz CT molecular complexity index is 607. The molecule has 6 heteroatoms. The predicted molar refractivity (Wildman–Crippen MR) is 85.2 cm³/mol. The second-order valence-corrected chi connectivity index (χ2v) is 4.80. The van der Waals surface area contributed by atoms with Gasteiger partial charge in [0.2, 0.25) is 5.88 Å². The Morgan fingerprint density at radius 2 is 1.95 bits per heavy atom. The van der Waals surface area contributed by atoms with Crippen molar-refractivity contribution in [3.05, 3.63) is 42.5 Å². The lowest BCUT2D eigenvalue weighted by molar-refractivity contribution is 0.169. The molecule has 0 saturated carbocycles. The summed E-state index contributed by atoms with van der Waals surface area (Å²) >= 11 is 0. The maximum Gasteiger partial charge on any atom is 0.221 e. The van der Waals surface area contributed by atoms with Crippen LogP contribution in [0.5, 0.6) is 17.4 Å². The minimum Gasteiger partial charge on any atom is -0.497 e. The van der Waals surface area contributed by atoms with E-state index in [1.165, 1.54) is 0 Å². The SMILES string of the molecule is CC[C@@H](N)C(O)Nc1cccc(Oc2cccc(OC)c2)n1. The average Bonchev–Trinajstić information content (AvgIpc) is 2.54. The van der Waals surface area contributed by atoms with Crippen molar-refractivity contribution in [3.8, 4) is 17.4 Å². The van der Waals surface area contributed by atoms with E-state index in [4.69, 9.17) is 15.2 Å². The Hall–Kier alpha value is -2.31. The van der Waals surface area contributed by atoms with Crippen LogP contribution < -0.4 is 20.5 Å². The van der Waals surface area contributed by atoms with Gasteiger partial charge in [-0.3, -0.25) is 0 Å². The molecule has 6 nitrogen and oxygen atoms in total. The number of aliphatic hydroxyl groups is 1. The molecule has 2 atom stereocenters. The highest BCUT2D eigenvalue weighted by molar-refractivity contribution is 5.40. The number of nitrogens with zero attached hydrogens (tertiary/aromatic N) is 1. The van der Waals surface area contributed by atoms with Crippen LogP contribution in [-0.2, 0) is 0 Å². The van der Waals surface area contributed by atoms with Gasteiger partial charge in [0.25, 0.3) is 0 Å². The van der Waals surface area contributed by atoms with Crippen LogP contribution in [0.3, 0.4) is 0 Å². The first-order chi connectivity index (χ1) is 10.6. The quantitative estimate of drug-likeness (QED) is 0.680. The summed E-state index contributed by atoms with van der Waals surface area (Å²) in [7, 11) is 1.60. The van der Waals surface area contributed by atoms with Crippen LogP contribution in [0.4, 0.5) is 5.82 Å². The molecule has 1 aromatic carbocycles. The topological polar surface area (TPSA) is 89.6 Å². The third kappa shape index (κ3) is 4.34. The highest BCUT2D eigenvalue weighted by Gasteiger charge is 2.13. The van der Waals surface area contributed by atoms with E-state index >= 15 is 0 Å². The Balaban J connectivity index is 2.07. The van der Waals surface area contributed by atoms with Crippen LogP contribution >= 0.6 is 0 Å². The molecule has 0 aliphatic heterocycles. The van der Waals surface area contributed by atoms with Crippen molar-refractivity contribution in [2.45, 2.75) is 25.6 Å². The Kier molecular flexibility index (Phi) is 5.57. The number of hydrogen-bond donors (Lipinski definition) is 3. The van der Waals surface area contributed by atoms with Crippen LogP contribution in [0, 0.1) is 0 Å². The van der Waals surface area contributed by atoms with Crippen molar-refractivity contribution in [2.24, 2.45) is 5.73 Å². The van der Waals surface area contributed by atoms with E-state index in [0.717, 1.165) is 0 Å². The van der Waals surface area contributed by atoms with E-state index in [1.54, 1.807) is 31.4 Å². The van der Waals surface area contributed by atoms with Crippen molar-refractivity contribution >= 4 is 5.82 Å². The largest absolute Gasteiger partial charge is 0.497 e. The molecule has 118 valence electrons. The molecule has 0 bridgehead atoms. The molecule has 22 heavy (non-hydrogen) atoms. The number of aromatic nitrogens is 1. The summed E-state index contributed by atoms with van der Waals surface area (Å²) in [5.41, 5.74) is 5.77. The lowest BCUT2D eigenvalue weighted by atomic mass is 10.2. The number of rotatable bonds is 7. The van der Waals surface area contributed by atoms with Gasteiger partial charge >= 0.3 is 0 Å². The molecule has 1 heterocycles. The average molecular weight is 303 g/mol. The van der Waals surface area contributed by atoms with E-state index in [2.05, 4.69) is 10.3 Å². The van der Waals surface area contributed by atoms with Crippen LogP contribution in [0.1, 0.15) is 13.3 Å². The number of methoxy groups -OCH3 is 1. The third-order valence-electron chi connectivity index (χ3n) is 3.16. The lowest BCUT2D eigenvalue weighted by Crippen LogP contribution is -2.39. The number of hydrogen-bond acceptors (Lipinski definition) is 6. The van der Waals surface area contributed by atoms with Crippen LogP contribution in [0.15, 0.2) is 42.5 Å². The van der Waals surface area contributed by atoms with Crippen molar-refractivity contribution in [1.29, 1.82) is 0 Å². The second kappa shape index (κ2) is 7.63. The highest BCUT2D eigenvalue weighted by Crippen LogP contribution is 2.24. The summed E-state index contributed by atoms with van der Waals surface area (Å²) in [6, 6.07) is 12.1. The zero-order valence-corrected chi connectivity index (χ0v) is 12.7. The molecule has 1 aromatic heterocycles. The van der Waals surface area contributed by atoms with Gasteiger partial charge in [-0.2, -0.15) is 4.98 Å². The summed E-state index contributed by atoms with van der Waals surface area (Å²) in [5, 5.41) is 12.7. The van der Waals surface area contributed by atoms with Crippen LogP contribution in [0.2, 0.25) is 0 Å². The number of nitrogens with one attached hydrogen (secondary N) is 1. The fraction of sp³-hybridized carbons (Fsp3) is 0.312. The molecule has 0 amide bonds. The maximum absolute atomic E-state index is 9.89. The molecule has 0 fully saturated rings. The summed E-state index contributed by atoms with van der Waals surface area (Å²) in [6.07, 6.45) is -0.196. The summed E-state index contributed by atoms with van der Waals surface area (Å²) < 4.78 is 10.8. The maximum atomic E-state index is 9.89. The van der Waals surface area contributed by atoms with E-state index in [1.807, 2.05) is 25.1 Å². The number of benzene rings is 1. The predicted octanol–water partition coefficient (Wildman–Crippen LogP) is 2.35. The molecule has 0 aliphatic carbocycles. The number of ether oxygens (including phenoxy) is 2. The monoisotopic (exact) mass is 303 g/mol. The Morgan fingerprint density at radius 1 is 1.23 bits per heavy atom. The zero-order chi connectivity index (χ0) is 15.9. The Labute approximate surface area is 129 Å². The molecule has 2 aromatic rings. The molecule has 0 radical (unpaired) electrons. The van der Waals surface area contributed by atoms with E-state index < -0.39 is 6.23 Å². The standard InChI is InChI=1S/C16H21N3O3/c1-3-13(17)16(20)19-14-8-5-9-15(18-14)22-12-7-4-6-11(10-12)21-2/h4-10,13,16,20H,3,17H2,1-2H3,(H,18,19)/t13-,16?/m1/s1. The molecule has 0 spiro atoms. The van der Waals surface area contributed by atoms with Gasteiger partial charge in [0.05, 0.1) is 7.11 Å². The van der Waals surface area contributed by atoms with Crippen molar-refractivity contribution in [1.82, 2.24) is 4.98 Å². The van der Waals surface area contributed by atoms with E-state index in [9.17, 15) is 5.11 Å². The third-order valence-corrected chi connectivity index (χ3v) is 3.16. The van der Waals surface area contributed by atoms with Gasteiger partial charge in [-0.15, -0.1) is 0 Å². The lowest BCUT2D eigenvalue weighted by Gasteiger charge is -2.19. The molecular weight excluding hydrogens is 282 g/mol. The van der Waals surface area contributed by atoms with Gasteiger partial charge in [0, 0.05) is 18.2 Å². The van der Waals surface area contributed by atoms with Gasteiger partial charge in [-0.25, -0.2) is 0 Å². The van der Waals surface area contributed by atoms with Crippen LogP contribution in [0.25, 0.3) is 0 Å². The zero-order valence-electron chi connectivity index (χ0n) is 12.7. The number of pyridine rings is 1. The number of anilines is 1. The van der Waals surface area contributed by atoms with E-state index in [-0.39, 0.29) is 6.04 Å². The molecule has 2 rings (SSSR count). The fourth-order valence-electron chi connectivity index (χ4n) is 1.82. The molecular formula is C16H21N3O3. The molecule has 4 N–H and O–H groups in total. The summed E-state index contributed by atoms with van der Waals surface area (Å²) in [5.74, 6) is 2.23. The van der Waals surface area contributed by atoms with Gasteiger partial charge < -0.3 is 25.6 Å². The van der Waals surface area contributed by atoms with Crippen molar-refractivity contribution in [3.63, 3.8) is 0 Å². The Morgan fingerprint density at radius 3 is 2.68 bits per heavy atom. The number of nitrogens with two attached hydrogens (primary N) is 1. The minimum atomic E-state index is -0.857. The van der Waals surface area contributed by atoms with E-state index in [0.29, 0.717) is 29.6 Å². The molecule has 0 aliphatic rings. The van der Waals surface area contributed by atoms with Gasteiger partial charge in [-0.05, 0) is 24.6 Å². The second-order valence-electron chi connectivity index (χ2n) is 4.80. The van der Waals surface area contributed by atoms with Gasteiger partial charge in [0.15, 0.2) is 0 Å². The number of aliphatic hydroxyl groups excluding tert-OH is 1. The summed E-state index contributed by atoms with van der Waals surface area (Å²) in [4.78, 5) is 4.29. The smallest absolute Gasteiger partial charge is 0.221 e. The molecule has 0 saturated heterocycles. The molecule has 1 unspecified atom stereocenters. The van der Waals surface area contributed by atoms with Crippen molar-refractivity contribution < 1.29 is 14.6 Å². The minimum absolute atomic E-state index is 0.357. The summed E-state index contributed by atoms with van der Waals surface area (Å²) in [6.45, 7) is 1.91. The van der Waals surface area contributed by atoms with Gasteiger partial charge in [-0.1, -0.05) is 19.1 Å². The normalized spacial score (nSPS) is 13.3. The van der Waals surface area contributed by atoms with Crippen molar-refractivity contribution in [2.75, 3.05) is 12.4 Å². The van der Waals surface area contributed by atoms with Crippen LogP contribution in [-0.4, -0.2) is 29.5 Å². The first-order valence-electron chi connectivity index (χ1n) is 7.11. The first kappa shape index (κ1) is 16.1. The first-order valence-corrected chi connectivity index (χ1v) is 7.11. The fourth-order valence-corrected chi connectivity index (χ4v) is 1.82. The van der Waals surface area contributed by atoms with Gasteiger partial charge in [0.1, 0.15) is 23.5 Å².